The van der Waals surface area contributed by atoms with E-state index >= 15 is 0 Å². The molecule has 5 aromatic rings. The number of hydrogen-bond donors (Lipinski definition) is 3. The summed E-state index contributed by atoms with van der Waals surface area (Å²) >= 11 is 0. The number of pyridine rings is 1. The summed E-state index contributed by atoms with van der Waals surface area (Å²) in [6.45, 7) is 1.04. The fourth-order valence-electron chi connectivity index (χ4n) is 4.11. The number of nitrogens with one attached hydrogen (secondary N) is 2. The minimum Gasteiger partial charge on any atom is -0.387 e. The molecule has 0 bridgehead atoms. The topological polar surface area (TPSA) is 173 Å². The number of benzene rings is 3. The zero-order chi connectivity index (χ0) is 29.5. The van der Waals surface area contributed by atoms with E-state index in [1.807, 2.05) is 18.2 Å². The van der Waals surface area contributed by atoms with Gasteiger partial charge in [-0.2, -0.15) is 4.98 Å². The quantitative estimate of drug-likeness (QED) is 0.108. The highest BCUT2D eigenvalue weighted by Crippen LogP contribution is 2.26. The van der Waals surface area contributed by atoms with Gasteiger partial charge in [-0.25, -0.2) is 8.42 Å². The number of nitro benzene ring substituents is 1. The average molecular weight is 587 g/mol. The van der Waals surface area contributed by atoms with Gasteiger partial charge in [-0.05, 0) is 67.1 Å². The van der Waals surface area contributed by atoms with Gasteiger partial charge in [-0.1, -0.05) is 29.4 Å². The molecule has 0 fully saturated rings. The Morgan fingerprint density at radius 3 is 2.48 bits per heavy atom. The maximum atomic E-state index is 12.9. The van der Waals surface area contributed by atoms with Gasteiger partial charge >= 0.3 is 0 Å². The van der Waals surface area contributed by atoms with E-state index in [-0.39, 0.29) is 22.3 Å². The Hall–Kier alpha value is -4.98. The van der Waals surface area contributed by atoms with Crippen molar-refractivity contribution in [3.8, 4) is 22.8 Å². The van der Waals surface area contributed by atoms with Crippen molar-refractivity contribution in [2.24, 2.45) is 0 Å². The second kappa shape index (κ2) is 12.7. The van der Waals surface area contributed by atoms with Crippen LogP contribution >= 0.6 is 0 Å². The summed E-state index contributed by atoms with van der Waals surface area (Å²) in [4.78, 5) is 18.9. The molecule has 0 aliphatic heterocycles. The molecule has 42 heavy (non-hydrogen) atoms. The van der Waals surface area contributed by atoms with E-state index in [9.17, 15) is 23.6 Å². The molecule has 3 N–H and O–H groups in total. The lowest BCUT2D eigenvalue weighted by atomic mass is 10.1. The molecule has 0 saturated carbocycles. The number of aliphatic hydroxyl groups is 1. The Kier molecular flexibility index (Phi) is 8.62. The van der Waals surface area contributed by atoms with Crippen LogP contribution in [0.5, 0.6) is 0 Å². The van der Waals surface area contributed by atoms with Crippen molar-refractivity contribution in [1.82, 2.24) is 20.4 Å². The van der Waals surface area contributed by atoms with E-state index in [0.717, 1.165) is 11.1 Å². The number of anilines is 1. The van der Waals surface area contributed by atoms with Crippen LogP contribution in [-0.4, -0.2) is 46.7 Å². The minimum atomic E-state index is -3.86. The summed E-state index contributed by atoms with van der Waals surface area (Å²) in [5.74, 6) is 0.318. The third-order valence-corrected chi connectivity index (χ3v) is 7.75. The molecule has 0 aliphatic carbocycles. The van der Waals surface area contributed by atoms with Crippen molar-refractivity contribution in [2.45, 2.75) is 17.4 Å². The van der Waals surface area contributed by atoms with E-state index < -0.39 is 21.1 Å². The van der Waals surface area contributed by atoms with Crippen molar-refractivity contribution in [3.05, 3.63) is 119 Å². The van der Waals surface area contributed by atoms with Crippen LogP contribution in [0, 0.1) is 10.1 Å². The number of aliphatic hydroxyl groups excluding tert-OH is 1. The molecular formula is C29H26N6O6S. The van der Waals surface area contributed by atoms with E-state index in [2.05, 4.69) is 25.2 Å². The third-order valence-electron chi connectivity index (χ3n) is 6.36. The van der Waals surface area contributed by atoms with Crippen LogP contribution in [0.3, 0.4) is 0 Å². The summed E-state index contributed by atoms with van der Waals surface area (Å²) in [6, 6.07) is 22.5. The van der Waals surface area contributed by atoms with E-state index in [4.69, 9.17) is 4.52 Å². The molecule has 2 heterocycles. The largest absolute Gasteiger partial charge is 0.387 e. The Bertz CT molecular complexity index is 1760. The van der Waals surface area contributed by atoms with Crippen molar-refractivity contribution >= 4 is 21.4 Å². The fraction of sp³-hybridized carbons (Fsp3) is 0.138. The summed E-state index contributed by atoms with van der Waals surface area (Å²) in [6.07, 6.45) is 3.35. The normalized spacial score (nSPS) is 12.1. The second-order valence-corrected chi connectivity index (χ2v) is 11.0. The minimum absolute atomic E-state index is 0.0501. The van der Waals surface area contributed by atoms with Gasteiger partial charge in [0, 0.05) is 53.4 Å². The molecule has 13 heteroatoms. The van der Waals surface area contributed by atoms with Gasteiger partial charge in [-0.15, -0.1) is 0 Å². The number of nitro groups is 1. The zero-order valence-corrected chi connectivity index (χ0v) is 22.9. The van der Waals surface area contributed by atoms with Gasteiger partial charge in [0.1, 0.15) is 0 Å². The van der Waals surface area contributed by atoms with Gasteiger partial charge in [0.2, 0.25) is 5.82 Å². The summed E-state index contributed by atoms with van der Waals surface area (Å²) in [5, 5.41) is 28.4. The molecule has 5 rings (SSSR count). The zero-order valence-electron chi connectivity index (χ0n) is 22.1. The lowest BCUT2D eigenvalue weighted by molar-refractivity contribution is -0.384. The maximum absolute atomic E-state index is 12.9. The van der Waals surface area contributed by atoms with Crippen LogP contribution in [0.1, 0.15) is 17.2 Å². The van der Waals surface area contributed by atoms with Crippen molar-refractivity contribution in [2.75, 3.05) is 17.8 Å². The van der Waals surface area contributed by atoms with Crippen LogP contribution < -0.4 is 10.0 Å². The number of aromatic nitrogens is 3. The van der Waals surface area contributed by atoms with Crippen LogP contribution in [0.2, 0.25) is 0 Å². The van der Waals surface area contributed by atoms with Crippen LogP contribution in [-0.2, 0) is 16.4 Å². The molecule has 0 saturated heterocycles. The lowest BCUT2D eigenvalue weighted by Crippen LogP contribution is -2.23. The number of nitrogens with zero attached hydrogens (tertiary/aromatic N) is 4. The van der Waals surface area contributed by atoms with E-state index in [0.29, 0.717) is 36.3 Å². The molecule has 0 aliphatic rings. The molecule has 12 nitrogen and oxygen atoms in total. The monoisotopic (exact) mass is 586 g/mol. The smallest absolute Gasteiger partial charge is 0.270 e. The van der Waals surface area contributed by atoms with Crippen LogP contribution in [0.15, 0.2) is 107 Å². The first kappa shape index (κ1) is 28.5. The molecular weight excluding hydrogens is 560 g/mol. The number of non-ortho nitro benzene ring substituents is 1. The maximum Gasteiger partial charge on any atom is 0.270 e. The Morgan fingerprint density at radius 2 is 1.76 bits per heavy atom. The first-order valence-corrected chi connectivity index (χ1v) is 14.4. The van der Waals surface area contributed by atoms with Crippen LogP contribution in [0.4, 0.5) is 11.4 Å². The Balaban J connectivity index is 1.16. The number of hydrogen-bond acceptors (Lipinski definition) is 10. The SMILES string of the molecule is O=[N+]([O-])c1cccc(-c2nc(-c3ccc(S(=O)(=O)Nc4ccc(CCNCC(O)c5cccnc5)cc4)cc3)no2)c1. The third kappa shape index (κ3) is 7.01. The first-order valence-electron chi connectivity index (χ1n) is 12.9. The van der Waals surface area contributed by atoms with Gasteiger partial charge < -0.3 is 14.9 Å². The fourth-order valence-corrected chi connectivity index (χ4v) is 5.17. The number of rotatable bonds is 12. The molecule has 214 valence electrons. The van der Waals surface area contributed by atoms with E-state index in [1.165, 1.54) is 30.3 Å². The molecule has 1 unspecified atom stereocenters. The summed E-state index contributed by atoms with van der Waals surface area (Å²) in [5.41, 5.74) is 2.99. The van der Waals surface area contributed by atoms with Gasteiger partial charge in [0.05, 0.1) is 15.9 Å². The predicted molar refractivity (Wildman–Crippen MR) is 155 cm³/mol. The highest BCUT2D eigenvalue weighted by atomic mass is 32.2. The second-order valence-electron chi connectivity index (χ2n) is 9.31. The first-order chi connectivity index (χ1) is 20.3. The molecule has 0 amide bonds. The highest BCUT2D eigenvalue weighted by Gasteiger charge is 2.17. The predicted octanol–water partition coefficient (Wildman–Crippen LogP) is 4.37. The summed E-state index contributed by atoms with van der Waals surface area (Å²) in [7, 11) is -3.86. The van der Waals surface area contributed by atoms with Crippen molar-refractivity contribution in [1.29, 1.82) is 0 Å². The Labute approximate surface area is 241 Å². The molecule has 2 aromatic heterocycles. The average Bonchev–Trinajstić information content (AvgIpc) is 3.51. The molecule has 0 spiro atoms. The standard InChI is InChI=1S/C29H26N6O6S/c36-27(23-4-2-15-30-18-23)19-31-16-14-20-6-10-24(11-7-20)34-42(39,40)26-12-8-21(9-13-26)28-32-29(41-33-28)22-3-1-5-25(17-22)35(37)38/h1-13,15,17-18,27,31,34,36H,14,16,19H2. The molecule has 3 aromatic carbocycles. The Morgan fingerprint density at radius 1 is 0.976 bits per heavy atom. The lowest BCUT2D eigenvalue weighted by Gasteiger charge is -2.12. The van der Waals surface area contributed by atoms with Crippen molar-refractivity contribution < 1.29 is 23.0 Å². The molecule has 0 radical (unpaired) electrons. The van der Waals surface area contributed by atoms with Gasteiger partial charge in [-0.3, -0.25) is 19.8 Å². The highest BCUT2D eigenvalue weighted by molar-refractivity contribution is 7.92. The molecule has 1 atom stereocenters. The van der Waals surface area contributed by atoms with Gasteiger partial charge in [0.15, 0.2) is 0 Å². The van der Waals surface area contributed by atoms with E-state index in [1.54, 1.807) is 48.8 Å². The van der Waals surface area contributed by atoms with Crippen molar-refractivity contribution in [3.63, 3.8) is 0 Å². The van der Waals surface area contributed by atoms with Crippen LogP contribution in [0.25, 0.3) is 22.8 Å². The van der Waals surface area contributed by atoms with Gasteiger partial charge in [0.25, 0.3) is 21.6 Å². The summed E-state index contributed by atoms with van der Waals surface area (Å²) < 4.78 is 33.7. The number of sulfonamides is 1.